The topological polar surface area (TPSA) is 39.1 Å². The zero-order valence-corrected chi connectivity index (χ0v) is 11.1. The third kappa shape index (κ3) is 1.61. The van der Waals surface area contributed by atoms with Crippen molar-refractivity contribution in [2.45, 2.75) is 0 Å². The molecule has 100 valence electrons. The van der Waals surface area contributed by atoms with Crippen LogP contribution in [0.4, 0.5) is 0 Å². The second-order valence-electron chi connectivity index (χ2n) is 4.98. The first-order chi connectivity index (χ1) is 10.3. The Labute approximate surface area is 121 Å². The maximum Gasteiger partial charge on any atom is 0.250 e. The Morgan fingerprint density at radius 1 is 0.762 bits per heavy atom. The van der Waals surface area contributed by atoms with Crippen molar-refractivity contribution >= 4 is 28.5 Å². The van der Waals surface area contributed by atoms with Crippen LogP contribution >= 0.6 is 0 Å². The smallest absolute Gasteiger partial charge is 0.250 e. The Hall–Kier alpha value is -2.94. The molecule has 0 amide bonds. The number of Topliss-reactive ketones (excluding diaryl/α,β-unsaturated/α-hetero) is 1. The predicted octanol–water partition coefficient (Wildman–Crippen LogP) is 3.41. The van der Waals surface area contributed by atoms with E-state index in [1.54, 1.807) is 6.08 Å². The van der Waals surface area contributed by atoms with Gasteiger partial charge in [-0.2, -0.15) is 0 Å². The molecule has 1 heterocycles. The highest BCUT2D eigenvalue weighted by Crippen LogP contribution is 2.32. The van der Waals surface area contributed by atoms with Gasteiger partial charge >= 0.3 is 0 Å². The van der Waals surface area contributed by atoms with Gasteiger partial charge in [0.1, 0.15) is 5.69 Å². The second-order valence-corrected chi connectivity index (χ2v) is 4.98. The molecule has 1 aliphatic rings. The largest absolute Gasteiger partial charge is 0.306 e. The van der Waals surface area contributed by atoms with Gasteiger partial charge in [-0.25, -0.2) is 0 Å². The first kappa shape index (κ1) is 11.9. The van der Waals surface area contributed by atoms with Gasteiger partial charge in [-0.3, -0.25) is 9.59 Å². The van der Waals surface area contributed by atoms with Crippen molar-refractivity contribution in [3.63, 3.8) is 0 Å². The zero-order chi connectivity index (χ0) is 14.4. The van der Waals surface area contributed by atoms with Gasteiger partial charge in [-0.1, -0.05) is 36.4 Å². The number of nitrogens with zero attached hydrogens (tertiary/aromatic N) is 1. The van der Waals surface area contributed by atoms with Gasteiger partial charge in [0, 0.05) is 16.6 Å². The summed E-state index contributed by atoms with van der Waals surface area (Å²) in [5.74, 6) is -0.921. The first-order valence-electron chi connectivity index (χ1n) is 6.73. The van der Waals surface area contributed by atoms with Gasteiger partial charge < -0.3 is 4.57 Å². The van der Waals surface area contributed by atoms with Crippen LogP contribution in [0.25, 0.3) is 22.7 Å². The van der Waals surface area contributed by atoms with Crippen molar-refractivity contribution < 1.29 is 9.59 Å². The number of hydrogen-bond donors (Lipinski definition) is 0. The Morgan fingerprint density at radius 3 is 2.29 bits per heavy atom. The number of fused-ring (bicyclic) bond motifs is 3. The standard InChI is InChI=1S/C18H11NO2/c20-16-11-10-14-13-8-4-5-9-15(13)19(17(14)18(16)21)12-6-2-1-3-7-12/h1-11H. The highest BCUT2D eigenvalue weighted by Gasteiger charge is 2.28. The molecule has 1 aromatic heterocycles. The molecule has 0 unspecified atom stereocenters. The van der Waals surface area contributed by atoms with Crippen LogP contribution in [0.3, 0.4) is 0 Å². The average Bonchev–Trinajstić information content (AvgIpc) is 2.87. The van der Waals surface area contributed by atoms with Gasteiger partial charge in [-0.15, -0.1) is 0 Å². The summed E-state index contributed by atoms with van der Waals surface area (Å²) in [5, 5.41) is 0.980. The monoisotopic (exact) mass is 273 g/mol. The fourth-order valence-corrected chi connectivity index (χ4v) is 2.85. The van der Waals surface area contributed by atoms with Crippen LogP contribution in [0.1, 0.15) is 16.1 Å². The lowest BCUT2D eigenvalue weighted by molar-refractivity contribution is -0.111. The summed E-state index contributed by atoms with van der Waals surface area (Å²) in [4.78, 5) is 24.1. The molecule has 21 heavy (non-hydrogen) atoms. The number of carbonyl (C=O) groups is 2. The lowest BCUT2D eigenvalue weighted by Crippen LogP contribution is -2.19. The van der Waals surface area contributed by atoms with Crippen LogP contribution in [0.5, 0.6) is 0 Å². The lowest BCUT2D eigenvalue weighted by atomic mass is 10.0. The van der Waals surface area contributed by atoms with Gasteiger partial charge in [0.2, 0.25) is 11.6 Å². The summed E-state index contributed by atoms with van der Waals surface area (Å²) < 4.78 is 1.87. The summed E-state index contributed by atoms with van der Waals surface area (Å²) in [6, 6.07) is 17.4. The number of hydrogen-bond acceptors (Lipinski definition) is 2. The Bertz CT molecular complexity index is 917. The highest BCUT2D eigenvalue weighted by molar-refractivity contribution is 6.50. The SMILES string of the molecule is O=C1C=Cc2c(n(-c3ccccc3)c3ccccc23)C1=O. The van der Waals surface area contributed by atoms with E-state index in [9.17, 15) is 9.59 Å². The fraction of sp³-hybridized carbons (Fsp3) is 0. The van der Waals surface area contributed by atoms with Crippen LogP contribution < -0.4 is 0 Å². The molecular weight excluding hydrogens is 262 g/mol. The quantitative estimate of drug-likeness (QED) is 0.637. The molecular formula is C18H11NO2. The fourth-order valence-electron chi connectivity index (χ4n) is 2.85. The minimum absolute atomic E-state index is 0.451. The summed E-state index contributed by atoms with van der Waals surface area (Å²) in [6.45, 7) is 0. The molecule has 0 saturated carbocycles. The number of rotatable bonds is 1. The third-order valence-corrected chi connectivity index (χ3v) is 3.77. The molecule has 3 aromatic rings. The van der Waals surface area contributed by atoms with Crippen molar-refractivity contribution in [1.29, 1.82) is 0 Å². The Kier molecular flexibility index (Phi) is 2.42. The molecule has 2 aromatic carbocycles. The number of aromatic nitrogens is 1. The number of carbonyl (C=O) groups excluding carboxylic acids is 2. The Balaban J connectivity index is 2.18. The van der Waals surface area contributed by atoms with E-state index in [4.69, 9.17) is 0 Å². The van der Waals surface area contributed by atoms with Gasteiger partial charge in [0.25, 0.3) is 0 Å². The van der Waals surface area contributed by atoms with Crippen LogP contribution in [-0.2, 0) is 4.79 Å². The van der Waals surface area contributed by atoms with E-state index in [2.05, 4.69) is 0 Å². The van der Waals surface area contributed by atoms with Gasteiger partial charge in [0.05, 0.1) is 5.52 Å². The van der Waals surface area contributed by atoms with Crippen molar-refractivity contribution in [2.75, 3.05) is 0 Å². The number of allylic oxidation sites excluding steroid dienone is 1. The minimum atomic E-state index is -0.470. The Morgan fingerprint density at radius 2 is 1.48 bits per heavy atom. The van der Waals surface area contributed by atoms with E-state index in [0.717, 1.165) is 22.2 Å². The van der Waals surface area contributed by atoms with E-state index >= 15 is 0 Å². The summed E-state index contributed by atoms with van der Waals surface area (Å²) in [5.41, 5.74) is 3.08. The second kappa shape index (κ2) is 4.28. The average molecular weight is 273 g/mol. The molecule has 0 aliphatic heterocycles. The third-order valence-electron chi connectivity index (χ3n) is 3.77. The van der Waals surface area contributed by atoms with Crippen LogP contribution in [-0.4, -0.2) is 16.1 Å². The first-order valence-corrected chi connectivity index (χ1v) is 6.73. The molecule has 0 saturated heterocycles. The molecule has 4 rings (SSSR count). The van der Waals surface area contributed by atoms with E-state index in [1.165, 1.54) is 6.08 Å². The van der Waals surface area contributed by atoms with Crippen LogP contribution in [0, 0.1) is 0 Å². The van der Waals surface area contributed by atoms with E-state index in [-0.39, 0.29) is 0 Å². The van der Waals surface area contributed by atoms with Gasteiger partial charge in [-0.05, 0) is 30.4 Å². The van der Waals surface area contributed by atoms with Crippen molar-refractivity contribution in [3.05, 3.63) is 71.9 Å². The van der Waals surface area contributed by atoms with E-state index < -0.39 is 11.6 Å². The molecule has 0 bridgehead atoms. The van der Waals surface area contributed by atoms with Gasteiger partial charge in [0.15, 0.2) is 0 Å². The van der Waals surface area contributed by atoms with E-state index in [1.807, 2.05) is 59.2 Å². The molecule has 0 N–H and O–H groups in total. The van der Waals surface area contributed by atoms with Crippen molar-refractivity contribution in [2.24, 2.45) is 0 Å². The van der Waals surface area contributed by atoms with E-state index in [0.29, 0.717) is 5.69 Å². The molecule has 3 heteroatoms. The van der Waals surface area contributed by atoms with Crippen molar-refractivity contribution in [1.82, 2.24) is 4.57 Å². The normalized spacial score (nSPS) is 13.7. The number of benzene rings is 2. The molecule has 0 atom stereocenters. The van der Waals surface area contributed by atoms with Crippen LogP contribution in [0.15, 0.2) is 60.7 Å². The zero-order valence-electron chi connectivity index (χ0n) is 11.1. The minimum Gasteiger partial charge on any atom is -0.306 e. The maximum atomic E-state index is 12.4. The highest BCUT2D eigenvalue weighted by atomic mass is 16.2. The number of ketones is 2. The molecule has 3 nitrogen and oxygen atoms in total. The maximum absolute atomic E-state index is 12.4. The summed E-state index contributed by atoms with van der Waals surface area (Å²) in [7, 11) is 0. The van der Waals surface area contributed by atoms with Crippen LogP contribution in [0.2, 0.25) is 0 Å². The lowest BCUT2D eigenvalue weighted by Gasteiger charge is -2.11. The molecule has 0 spiro atoms. The molecule has 0 fully saturated rings. The molecule has 1 aliphatic carbocycles. The molecule has 0 radical (unpaired) electrons. The summed E-state index contributed by atoms with van der Waals surface area (Å²) in [6.07, 6.45) is 3.09. The number of para-hydroxylation sites is 2. The summed E-state index contributed by atoms with van der Waals surface area (Å²) >= 11 is 0. The van der Waals surface area contributed by atoms with Crippen molar-refractivity contribution in [3.8, 4) is 5.69 Å². The predicted molar refractivity (Wildman–Crippen MR) is 81.6 cm³/mol.